The van der Waals surface area contributed by atoms with Crippen molar-refractivity contribution in [2.75, 3.05) is 13.7 Å². The van der Waals surface area contributed by atoms with Crippen LogP contribution in [0.5, 0.6) is 5.88 Å². The Balaban J connectivity index is 2.29. The second-order valence-electron chi connectivity index (χ2n) is 4.10. The number of fused-ring (bicyclic) bond motifs is 3. The van der Waals surface area contributed by atoms with E-state index in [4.69, 9.17) is 9.47 Å². The Morgan fingerprint density at radius 1 is 1.43 bits per heavy atom. The summed E-state index contributed by atoms with van der Waals surface area (Å²) < 4.78 is 11.3. The number of rotatable bonds is 3. The van der Waals surface area contributed by atoms with Gasteiger partial charge in [0.25, 0.3) is 5.56 Å². The van der Waals surface area contributed by atoms with Gasteiger partial charge in [-0.15, -0.1) is 0 Å². The lowest BCUT2D eigenvalue weighted by molar-refractivity contribution is 0.0523. The van der Waals surface area contributed by atoms with Gasteiger partial charge in [-0.3, -0.25) is 4.79 Å². The van der Waals surface area contributed by atoms with E-state index in [1.54, 1.807) is 19.1 Å². The highest BCUT2D eigenvalue weighted by atomic mass is 32.1. The Morgan fingerprint density at radius 2 is 2.24 bits per heavy atom. The molecule has 0 saturated carbocycles. The zero-order valence-corrected chi connectivity index (χ0v) is 12.1. The first-order valence-corrected chi connectivity index (χ1v) is 6.99. The summed E-state index contributed by atoms with van der Waals surface area (Å²) in [4.78, 5) is 33.7. The fourth-order valence-corrected chi connectivity index (χ4v) is 2.89. The Labute approximate surface area is 122 Å². The van der Waals surface area contributed by atoms with E-state index in [1.807, 2.05) is 0 Å². The molecule has 3 rings (SSSR count). The molecule has 0 aliphatic carbocycles. The van der Waals surface area contributed by atoms with Crippen LogP contribution in [0, 0.1) is 0 Å². The average Bonchev–Trinajstić information content (AvgIpc) is 2.85. The molecule has 0 unspecified atom stereocenters. The number of pyridine rings is 1. The largest absolute Gasteiger partial charge is 0.481 e. The number of hydrogen-bond acceptors (Lipinski definition) is 7. The lowest BCUT2D eigenvalue weighted by atomic mass is 10.3. The molecule has 0 saturated heterocycles. The molecule has 0 spiro atoms. The molecule has 0 radical (unpaired) electrons. The zero-order chi connectivity index (χ0) is 15.0. The molecule has 3 aromatic heterocycles. The van der Waals surface area contributed by atoms with Gasteiger partial charge in [-0.2, -0.15) is 0 Å². The van der Waals surface area contributed by atoms with Crippen molar-refractivity contribution in [1.29, 1.82) is 0 Å². The smallest absolute Gasteiger partial charge is 0.345 e. The van der Waals surface area contributed by atoms with Crippen molar-refractivity contribution < 1.29 is 14.3 Å². The maximum absolute atomic E-state index is 12.4. The number of ether oxygens (including phenoxy) is 2. The van der Waals surface area contributed by atoms with Gasteiger partial charge in [0.1, 0.15) is 10.4 Å². The molecule has 0 N–H and O–H groups in total. The lowest BCUT2D eigenvalue weighted by Gasteiger charge is -2.01. The third-order valence-electron chi connectivity index (χ3n) is 2.88. The molecule has 108 valence electrons. The Kier molecular flexibility index (Phi) is 3.30. The minimum Gasteiger partial charge on any atom is -0.481 e. The van der Waals surface area contributed by atoms with Gasteiger partial charge in [0.05, 0.1) is 25.4 Å². The fraction of sp³-hybridized carbons (Fsp3) is 0.231. The molecule has 21 heavy (non-hydrogen) atoms. The van der Waals surface area contributed by atoms with Crippen LogP contribution in [0.4, 0.5) is 0 Å². The minimum absolute atomic E-state index is 0.0927. The van der Waals surface area contributed by atoms with Crippen molar-refractivity contribution in [2.24, 2.45) is 0 Å². The number of esters is 1. The first kappa shape index (κ1) is 13.5. The number of nitrogens with zero attached hydrogens (tertiary/aromatic N) is 3. The van der Waals surface area contributed by atoms with Gasteiger partial charge in [-0.05, 0) is 13.0 Å². The van der Waals surface area contributed by atoms with E-state index in [0.717, 1.165) is 0 Å². The number of methoxy groups -OCH3 is 1. The molecule has 0 atom stereocenters. The van der Waals surface area contributed by atoms with Gasteiger partial charge in [0, 0.05) is 6.07 Å². The van der Waals surface area contributed by atoms with Crippen LogP contribution in [-0.2, 0) is 4.74 Å². The normalized spacial score (nSPS) is 11.0. The third kappa shape index (κ3) is 2.13. The van der Waals surface area contributed by atoms with Crippen LogP contribution in [0.15, 0.2) is 23.1 Å². The van der Waals surface area contributed by atoms with Gasteiger partial charge < -0.3 is 9.47 Å². The number of thiazole rings is 1. The first-order chi connectivity index (χ1) is 10.2. The zero-order valence-electron chi connectivity index (χ0n) is 11.3. The number of carbonyl (C=O) groups excluding carboxylic acids is 1. The molecule has 7 nitrogen and oxygen atoms in total. The summed E-state index contributed by atoms with van der Waals surface area (Å²) in [6.07, 6.45) is 1.24. The summed E-state index contributed by atoms with van der Waals surface area (Å²) in [6.45, 7) is 1.88. The van der Waals surface area contributed by atoms with Crippen LogP contribution < -0.4 is 10.3 Å². The van der Waals surface area contributed by atoms with E-state index >= 15 is 0 Å². The molecular formula is C13H11N3O4S. The summed E-state index contributed by atoms with van der Waals surface area (Å²) in [5.41, 5.74) is 0.0287. The van der Waals surface area contributed by atoms with E-state index in [0.29, 0.717) is 21.2 Å². The van der Waals surface area contributed by atoms with E-state index in [9.17, 15) is 9.59 Å². The molecule has 0 amide bonds. The van der Waals surface area contributed by atoms with Gasteiger partial charge in [-0.1, -0.05) is 11.3 Å². The molecule has 0 bridgehead atoms. The third-order valence-corrected chi connectivity index (χ3v) is 3.84. The monoisotopic (exact) mass is 305 g/mol. The molecule has 0 aliphatic heterocycles. The van der Waals surface area contributed by atoms with Crippen molar-refractivity contribution in [3.63, 3.8) is 0 Å². The predicted octanol–water partition coefficient (Wildman–Crippen LogP) is 1.49. The van der Waals surface area contributed by atoms with E-state index < -0.39 is 11.5 Å². The van der Waals surface area contributed by atoms with Crippen molar-refractivity contribution in [3.8, 4) is 5.88 Å². The highest BCUT2D eigenvalue weighted by molar-refractivity contribution is 7.23. The topological polar surface area (TPSA) is 82.8 Å². The highest BCUT2D eigenvalue weighted by Gasteiger charge is 2.17. The fourth-order valence-electron chi connectivity index (χ4n) is 1.93. The van der Waals surface area contributed by atoms with E-state index in [1.165, 1.54) is 29.0 Å². The Bertz CT molecular complexity index is 899. The molecular weight excluding hydrogens is 294 g/mol. The highest BCUT2D eigenvalue weighted by Crippen LogP contribution is 2.24. The maximum Gasteiger partial charge on any atom is 0.345 e. The SMILES string of the molecule is CCOC(=O)c1cnc2sc3nc(OC)ccc3n2c1=O. The molecule has 0 aromatic carbocycles. The summed E-state index contributed by atoms with van der Waals surface area (Å²) in [7, 11) is 1.52. The standard InChI is InChI=1S/C13H11N3O4S/c1-3-20-12(18)7-6-14-13-16(11(7)17)8-4-5-9(19-2)15-10(8)21-13/h4-6H,3H2,1-2H3. The Morgan fingerprint density at radius 3 is 2.95 bits per heavy atom. The molecule has 8 heteroatoms. The van der Waals surface area contributed by atoms with Crippen molar-refractivity contribution >= 4 is 32.6 Å². The molecule has 0 fully saturated rings. The quantitative estimate of drug-likeness (QED) is 0.682. The van der Waals surface area contributed by atoms with E-state index in [-0.39, 0.29) is 12.2 Å². The van der Waals surface area contributed by atoms with Gasteiger partial charge in [-0.25, -0.2) is 19.2 Å². The lowest BCUT2D eigenvalue weighted by Crippen LogP contribution is -2.23. The number of carbonyl (C=O) groups is 1. The van der Waals surface area contributed by atoms with Crippen molar-refractivity contribution in [2.45, 2.75) is 6.92 Å². The number of aromatic nitrogens is 3. The second kappa shape index (κ2) is 5.13. The molecule has 3 aromatic rings. The Hall–Kier alpha value is -2.48. The van der Waals surface area contributed by atoms with Crippen LogP contribution in [0.3, 0.4) is 0 Å². The van der Waals surface area contributed by atoms with Gasteiger partial charge in [0.2, 0.25) is 5.88 Å². The van der Waals surface area contributed by atoms with Crippen LogP contribution in [0.1, 0.15) is 17.3 Å². The van der Waals surface area contributed by atoms with Crippen LogP contribution in [0.2, 0.25) is 0 Å². The summed E-state index contributed by atoms with van der Waals surface area (Å²) in [6, 6.07) is 3.36. The van der Waals surface area contributed by atoms with Crippen molar-refractivity contribution in [1.82, 2.24) is 14.4 Å². The summed E-state index contributed by atoms with van der Waals surface area (Å²) in [5.74, 6) is -0.224. The molecule has 0 aliphatic rings. The number of hydrogen-bond donors (Lipinski definition) is 0. The maximum atomic E-state index is 12.4. The van der Waals surface area contributed by atoms with Crippen LogP contribution >= 0.6 is 11.3 Å². The molecule has 3 heterocycles. The van der Waals surface area contributed by atoms with Gasteiger partial charge in [0.15, 0.2) is 4.96 Å². The average molecular weight is 305 g/mol. The van der Waals surface area contributed by atoms with Crippen LogP contribution in [-0.4, -0.2) is 34.1 Å². The van der Waals surface area contributed by atoms with Crippen molar-refractivity contribution in [3.05, 3.63) is 34.2 Å². The predicted molar refractivity (Wildman–Crippen MR) is 77.1 cm³/mol. The minimum atomic E-state index is -0.676. The summed E-state index contributed by atoms with van der Waals surface area (Å²) >= 11 is 1.25. The van der Waals surface area contributed by atoms with Crippen LogP contribution in [0.25, 0.3) is 15.3 Å². The summed E-state index contributed by atoms with van der Waals surface area (Å²) in [5, 5.41) is 0. The first-order valence-electron chi connectivity index (χ1n) is 6.18. The van der Waals surface area contributed by atoms with Gasteiger partial charge >= 0.3 is 5.97 Å². The van der Waals surface area contributed by atoms with E-state index in [2.05, 4.69) is 9.97 Å². The second-order valence-corrected chi connectivity index (χ2v) is 5.05.